The number of nitrogen functional groups attached to an aromatic ring is 1. The lowest BCUT2D eigenvalue weighted by molar-refractivity contribution is -0.383. The van der Waals surface area contributed by atoms with Crippen LogP contribution in [0.1, 0.15) is 17.4 Å². The van der Waals surface area contributed by atoms with Gasteiger partial charge >= 0.3 is 5.97 Å². The van der Waals surface area contributed by atoms with Crippen molar-refractivity contribution in [2.45, 2.75) is 6.92 Å². The summed E-state index contributed by atoms with van der Waals surface area (Å²) in [6.07, 6.45) is 1.23. The SMILES string of the molecule is CCOC(=O)c1[nH]c2cccc([N+](=O)[O-])c2c1-c1coc(N)n1. The number of aromatic amines is 1. The smallest absolute Gasteiger partial charge is 0.355 e. The molecule has 0 bridgehead atoms. The Balaban J connectivity index is 2.37. The Morgan fingerprint density at radius 3 is 2.91 bits per heavy atom. The van der Waals surface area contributed by atoms with E-state index in [2.05, 4.69) is 9.97 Å². The van der Waals surface area contributed by atoms with Crippen molar-refractivity contribution in [1.29, 1.82) is 0 Å². The molecule has 0 atom stereocenters. The molecular weight excluding hydrogens is 304 g/mol. The second-order valence-electron chi connectivity index (χ2n) is 4.62. The fourth-order valence-electron chi connectivity index (χ4n) is 2.40. The molecule has 0 saturated heterocycles. The van der Waals surface area contributed by atoms with E-state index in [4.69, 9.17) is 14.9 Å². The molecule has 3 N–H and O–H groups in total. The number of oxazole rings is 1. The van der Waals surface area contributed by atoms with Crippen LogP contribution in [0.4, 0.5) is 11.7 Å². The lowest BCUT2D eigenvalue weighted by atomic mass is 10.1. The standard InChI is InChI=1S/C14H12N4O5/c1-2-22-13(19)12-11(8-6-23-14(15)17-8)10-7(16-12)4-3-5-9(10)18(20)21/h3-6,16H,2H2,1H3,(H2,15,17). The maximum Gasteiger partial charge on any atom is 0.355 e. The Bertz CT molecular complexity index is 911. The Morgan fingerprint density at radius 2 is 2.30 bits per heavy atom. The minimum atomic E-state index is -0.644. The van der Waals surface area contributed by atoms with E-state index in [1.807, 2.05) is 0 Å². The highest BCUT2D eigenvalue weighted by atomic mass is 16.6. The summed E-state index contributed by atoms with van der Waals surface area (Å²) in [6.45, 7) is 1.83. The molecule has 9 heteroatoms. The zero-order valence-corrected chi connectivity index (χ0v) is 12.0. The normalized spacial score (nSPS) is 10.8. The van der Waals surface area contributed by atoms with Gasteiger partial charge in [-0.1, -0.05) is 6.07 Å². The molecule has 0 aliphatic rings. The zero-order chi connectivity index (χ0) is 16.6. The minimum Gasteiger partial charge on any atom is -0.461 e. The van der Waals surface area contributed by atoms with Crippen molar-refractivity contribution in [1.82, 2.24) is 9.97 Å². The first-order valence-electron chi connectivity index (χ1n) is 6.70. The van der Waals surface area contributed by atoms with Gasteiger partial charge in [0.2, 0.25) is 0 Å². The Kier molecular flexibility index (Phi) is 3.45. The van der Waals surface area contributed by atoms with Crippen LogP contribution in [-0.2, 0) is 4.74 Å². The number of H-pyrrole nitrogens is 1. The summed E-state index contributed by atoms with van der Waals surface area (Å²) < 4.78 is 9.96. The molecule has 9 nitrogen and oxygen atoms in total. The van der Waals surface area contributed by atoms with E-state index >= 15 is 0 Å². The van der Waals surface area contributed by atoms with Crippen molar-refractivity contribution < 1.29 is 18.9 Å². The highest BCUT2D eigenvalue weighted by molar-refractivity contribution is 6.10. The van der Waals surface area contributed by atoms with Crippen LogP contribution in [0, 0.1) is 10.1 Å². The number of ether oxygens (including phenoxy) is 1. The van der Waals surface area contributed by atoms with Gasteiger partial charge in [0.25, 0.3) is 11.7 Å². The van der Waals surface area contributed by atoms with Crippen LogP contribution in [0.15, 0.2) is 28.9 Å². The van der Waals surface area contributed by atoms with Crippen LogP contribution >= 0.6 is 0 Å². The van der Waals surface area contributed by atoms with Crippen LogP contribution in [0.25, 0.3) is 22.2 Å². The molecule has 0 unspecified atom stereocenters. The third-order valence-corrected chi connectivity index (χ3v) is 3.26. The molecule has 0 spiro atoms. The van der Waals surface area contributed by atoms with Crippen molar-refractivity contribution in [3.05, 3.63) is 40.3 Å². The summed E-state index contributed by atoms with van der Waals surface area (Å²) >= 11 is 0. The average Bonchev–Trinajstić information content (AvgIpc) is 3.10. The van der Waals surface area contributed by atoms with E-state index < -0.39 is 10.9 Å². The lowest BCUT2D eigenvalue weighted by Crippen LogP contribution is -2.06. The van der Waals surface area contributed by atoms with Crippen molar-refractivity contribution in [3.8, 4) is 11.3 Å². The number of nitrogens with two attached hydrogens (primary N) is 1. The summed E-state index contributed by atoms with van der Waals surface area (Å²) in [6, 6.07) is 4.38. The van der Waals surface area contributed by atoms with E-state index in [1.54, 1.807) is 13.0 Å². The highest BCUT2D eigenvalue weighted by Crippen LogP contribution is 2.38. The van der Waals surface area contributed by atoms with Crippen LogP contribution in [-0.4, -0.2) is 27.5 Å². The van der Waals surface area contributed by atoms with E-state index in [9.17, 15) is 14.9 Å². The fraction of sp³-hybridized carbons (Fsp3) is 0.143. The van der Waals surface area contributed by atoms with Gasteiger partial charge in [-0.15, -0.1) is 0 Å². The molecule has 0 aliphatic carbocycles. The van der Waals surface area contributed by atoms with Gasteiger partial charge in [0.15, 0.2) is 0 Å². The molecule has 0 aliphatic heterocycles. The van der Waals surface area contributed by atoms with Crippen LogP contribution in [0.2, 0.25) is 0 Å². The lowest BCUT2D eigenvalue weighted by Gasteiger charge is -2.02. The molecule has 0 amide bonds. The van der Waals surface area contributed by atoms with Gasteiger partial charge in [-0.3, -0.25) is 10.1 Å². The number of nitro benzene ring substituents is 1. The number of nitrogens with one attached hydrogen (secondary N) is 1. The first kappa shape index (κ1) is 14.6. The summed E-state index contributed by atoms with van der Waals surface area (Å²) in [4.78, 5) is 29.8. The maximum absolute atomic E-state index is 12.2. The van der Waals surface area contributed by atoms with Gasteiger partial charge in [0.05, 0.1) is 28.0 Å². The summed E-state index contributed by atoms with van der Waals surface area (Å²) in [5.41, 5.74) is 6.23. The average molecular weight is 316 g/mol. The fourth-order valence-corrected chi connectivity index (χ4v) is 2.40. The zero-order valence-electron chi connectivity index (χ0n) is 12.0. The number of rotatable bonds is 4. The van der Waals surface area contributed by atoms with Gasteiger partial charge in [0.1, 0.15) is 17.7 Å². The molecular formula is C14H12N4O5. The second-order valence-corrected chi connectivity index (χ2v) is 4.62. The number of non-ortho nitro benzene ring substituents is 1. The first-order chi connectivity index (χ1) is 11.0. The maximum atomic E-state index is 12.2. The van der Waals surface area contributed by atoms with Crippen LogP contribution in [0.5, 0.6) is 0 Å². The second kappa shape index (κ2) is 5.44. The predicted molar refractivity (Wildman–Crippen MR) is 80.8 cm³/mol. The molecule has 0 radical (unpaired) electrons. The van der Waals surface area contributed by atoms with Gasteiger partial charge in [-0.05, 0) is 13.0 Å². The molecule has 0 fully saturated rings. The monoisotopic (exact) mass is 316 g/mol. The molecule has 23 heavy (non-hydrogen) atoms. The van der Waals surface area contributed by atoms with E-state index in [-0.39, 0.29) is 40.6 Å². The number of carbonyl (C=O) groups is 1. The van der Waals surface area contributed by atoms with Crippen LogP contribution in [0.3, 0.4) is 0 Å². The first-order valence-corrected chi connectivity index (χ1v) is 6.70. The number of nitro groups is 1. The number of benzene rings is 1. The molecule has 2 aromatic heterocycles. The molecule has 3 rings (SSSR count). The molecule has 1 aromatic carbocycles. The highest BCUT2D eigenvalue weighted by Gasteiger charge is 2.27. The molecule has 118 valence electrons. The number of carbonyl (C=O) groups excluding carboxylic acids is 1. The number of hydrogen-bond acceptors (Lipinski definition) is 7. The van der Waals surface area contributed by atoms with E-state index in [1.165, 1.54) is 18.4 Å². The third kappa shape index (κ3) is 2.37. The Morgan fingerprint density at radius 1 is 1.52 bits per heavy atom. The minimum absolute atomic E-state index is 0.0597. The van der Waals surface area contributed by atoms with Gasteiger partial charge < -0.3 is 19.9 Å². The molecule has 3 aromatic rings. The number of nitrogens with zero attached hydrogens (tertiary/aromatic N) is 2. The van der Waals surface area contributed by atoms with Gasteiger partial charge in [-0.25, -0.2) is 4.79 Å². The van der Waals surface area contributed by atoms with E-state index in [0.29, 0.717) is 5.52 Å². The summed E-state index contributed by atoms with van der Waals surface area (Å²) in [5.74, 6) is -0.644. The Labute approximate surface area is 129 Å². The Hall–Kier alpha value is -3.36. The summed E-state index contributed by atoms with van der Waals surface area (Å²) in [5, 5.41) is 11.6. The van der Waals surface area contributed by atoms with Crippen LogP contribution < -0.4 is 5.73 Å². The van der Waals surface area contributed by atoms with Crippen molar-refractivity contribution >= 4 is 28.6 Å². The van der Waals surface area contributed by atoms with E-state index in [0.717, 1.165) is 0 Å². The number of anilines is 1. The predicted octanol–water partition coefficient (Wildman–Crippen LogP) is 2.49. The number of aromatic nitrogens is 2. The largest absolute Gasteiger partial charge is 0.461 e. The summed E-state index contributed by atoms with van der Waals surface area (Å²) in [7, 11) is 0. The van der Waals surface area contributed by atoms with Crippen molar-refractivity contribution in [3.63, 3.8) is 0 Å². The van der Waals surface area contributed by atoms with Crippen molar-refractivity contribution in [2.75, 3.05) is 12.3 Å². The quantitative estimate of drug-likeness (QED) is 0.428. The topological polar surface area (TPSA) is 137 Å². The molecule has 2 heterocycles. The van der Waals surface area contributed by atoms with Gasteiger partial charge in [0, 0.05) is 6.07 Å². The van der Waals surface area contributed by atoms with Gasteiger partial charge in [-0.2, -0.15) is 4.98 Å². The third-order valence-electron chi connectivity index (χ3n) is 3.26. The number of hydrogen-bond donors (Lipinski definition) is 2. The van der Waals surface area contributed by atoms with Crippen molar-refractivity contribution in [2.24, 2.45) is 0 Å². The molecule has 0 saturated carbocycles. The number of fused-ring (bicyclic) bond motifs is 1. The number of esters is 1.